The van der Waals surface area contributed by atoms with E-state index in [0.717, 1.165) is 0 Å². The number of methoxy groups -OCH3 is 1. The maximum absolute atomic E-state index is 12.9. The number of benzene rings is 1. The van der Waals surface area contributed by atoms with Crippen molar-refractivity contribution in [2.75, 3.05) is 7.11 Å². The van der Waals surface area contributed by atoms with Gasteiger partial charge in [0.25, 0.3) is 0 Å². The molecule has 0 spiro atoms. The fraction of sp³-hybridized carbons (Fsp3) is 0.385. The lowest BCUT2D eigenvalue weighted by Gasteiger charge is -2.23. The summed E-state index contributed by atoms with van der Waals surface area (Å²) in [6.07, 6.45) is -2.38. The lowest BCUT2D eigenvalue weighted by Crippen LogP contribution is -2.18. The first-order valence-electron chi connectivity index (χ1n) is 5.38. The minimum Gasteiger partial charge on any atom is -0.497 e. The molecule has 0 N–H and O–H groups in total. The summed E-state index contributed by atoms with van der Waals surface area (Å²) in [5.41, 5.74) is 0.442. The van der Waals surface area contributed by atoms with Gasteiger partial charge in [0.2, 0.25) is 0 Å². The summed E-state index contributed by atoms with van der Waals surface area (Å²) in [4.78, 5) is 0. The molecule has 92 valence electrons. The largest absolute Gasteiger partial charge is 0.497 e. The van der Waals surface area contributed by atoms with Gasteiger partial charge in [-0.3, -0.25) is 0 Å². The molecule has 0 radical (unpaired) electrons. The number of alkyl halides is 3. The predicted octanol–water partition coefficient (Wildman–Crippen LogP) is 3.83. The van der Waals surface area contributed by atoms with Crippen LogP contribution >= 0.6 is 0 Å². The SMILES string of the molecule is COc1ccc2c(c1)CC(C)C=C2C(F)(F)F. The monoisotopic (exact) mass is 242 g/mol. The van der Waals surface area contributed by atoms with Crippen molar-refractivity contribution >= 4 is 5.57 Å². The van der Waals surface area contributed by atoms with Crippen LogP contribution in [0.3, 0.4) is 0 Å². The van der Waals surface area contributed by atoms with E-state index in [-0.39, 0.29) is 11.5 Å². The zero-order valence-electron chi connectivity index (χ0n) is 9.64. The highest BCUT2D eigenvalue weighted by Crippen LogP contribution is 2.41. The maximum Gasteiger partial charge on any atom is 0.416 e. The summed E-state index contributed by atoms with van der Waals surface area (Å²) in [5, 5.41) is 0. The Kier molecular flexibility index (Phi) is 2.89. The van der Waals surface area contributed by atoms with E-state index in [9.17, 15) is 13.2 Å². The van der Waals surface area contributed by atoms with Crippen LogP contribution in [0.25, 0.3) is 5.57 Å². The van der Waals surface area contributed by atoms with E-state index in [1.54, 1.807) is 19.1 Å². The third-order valence-corrected chi connectivity index (χ3v) is 2.90. The molecule has 0 aromatic heterocycles. The Morgan fingerprint density at radius 3 is 2.59 bits per heavy atom. The Labute approximate surface area is 97.9 Å². The van der Waals surface area contributed by atoms with Gasteiger partial charge in [-0.2, -0.15) is 13.2 Å². The maximum atomic E-state index is 12.9. The Hall–Kier alpha value is -1.45. The van der Waals surface area contributed by atoms with E-state index in [1.807, 2.05) is 0 Å². The highest BCUT2D eigenvalue weighted by molar-refractivity contribution is 5.74. The summed E-state index contributed by atoms with van der Waals surface area (Å²) >= 11 is 0. The first-order chi connectivity index (χ1) is 7.91. The smallest absolute Gasteiger partial charge is 0.416 e. The summed E-state index contributed by atoms with van der Waals surface area (Å²) in [6.45, 7) is 1.79. The second-order valence-electron chi connectivity index (χ2n) is 4.28. The number of rotatable bonds is 1. The second kappa shape index (κ2) is 4.09. The highest BCUT2D eigenvalue weighted by atomic mass is 19.4. The topological polar surface area (TPSA) is 9.23 Å². The molecular weight excluding hydrogens is 229 g/mol. The van der Waals surface area contributed by atoms with Crippen molar-refractivity contribution in [1.82, 2.24) is 0 Å². The standard InChI is InChI=1S/C13H13F3O/c1-8-5-9-7-10(17-2)3-4-11(9)12(6-8)13(14,15)16/h3-4,6-8H,5H2,1-2H3. The molecule has 1 aromatic rings. The minimum absolute atomic E-state index is 0.105. The molecule has 4 heteroatoms. The van der Waals surface area contributed by atoms with Gasteiger partial charge in [0.15, 0.2) is 0 Å². The van der Waals surface area contributed by atoms with Crippen molar-refractivity contribution < 1.29 is 17.9 Å². The molecule has 0 amide bonds. The number of allylic oxidation sites excluding steroid dienone is 2. The number of hydrogen-bond acceptors (Lipinski definition) is 1. The molecule has 1 unspecified atom stereocenters. The first kappa shape index (κ1) is 12.0. The van der Waals surface area contributed by atoms with Crippen LogP contribution in [-0.4, -0.2) is 13.3 Å². The van der Waals surface area contributed by atoms with Crippen LogP contribution in [0, 0.1) is 5.92 Å². The molecule has 0 saturated carbocycles. The third-order valence-electron chi connectivity index (χ3n) is 2.90. The van der Waals surface area contributed by atoms with Gasteiger partial charge in [-0.15, -0.1) is 0 Å². The van der Waals surface area contributed by atoms with E-state index in [4.69, 9.17) is 4.74 Å². The van der Waals surface area contributed by atoms with Gasteiger partial charge in [0.1, 0.15) is 5.75 Å². The van der Waals surface area contributed by atoms with E-state index in [1.165, 1.54) is 19.3 Å². The first-order valence-corrected chi connectivity index (χ1v) is 5.38. The molecule has 1 aliphatic rings. The fourth-order valence-electron chi connectivity index (χ4n) is 2.16. The number of hydrogen-bond donors (Lipinski definition) is 0. The molecule has 0 aliphatic heterocycles. The summed E-state index contributed by atoms with van der Waals surface area (Å²) in [5.74, 6) is 0.491. The molecule has 0 fully saturated rings. The molecule has 2 rings (SSSR count). The van der Waals surface area contributed by atoms with Crippen LogP contribution in [0.15, 0.2) is 24.3 Å². The number of halogens is 3. The summed E-state index contributed by atoms with van der Waals surface area (Å²) < 4.78 is 43.7. The lowest BCUT2D eigenvalue weighted by molar-refractivity contribution is -0.0694. The van der Waals surface area contributed by atoms with E-state index in [2.05, 4.69) is 0 Å². The van der Waals surface area contributed by atoms with Crippen molar-refractivity contribution in [3.05, 3.63) is 35.4 Å². The Morgan fingerprint density at radius 1 is 1.29 bits per heavy atom. The van der Waals surface area contributed by atoms with Crippen LogP contribution < -0.4 is 4.74 Å². The Morgan fingerprint density at radius 2 is 2.00 bits per heavy atom. The molecule has 1 atom stereocenters. The van der Waals surface area contributed by atoms with Crippen molar-refractivity contribution in [3.8, 4) is 5.75 Å². The summed E-state index contributed by atoms with van der Waals surface area (Å²) in [7, 11) is 1.51. The van der Waals surface area contributed by atoms with Gasteiger partial charge < -0.3 is 4.74 Å². The quantitative estimate of drug-likeness (QED) is 0.727. The molecule has 1 nitrogen and oxygen atoms in total. The van der Waals surface area contributed by atoms with E-state index >= 15 is 0 Å². The number of ether oxygens (including phenoxy) is 1. The minimum atomic E-state index is -4.29. The van der Waals surface area contributed by atoms with Crippen molar-refractivity contribution in [2.24, 2.45) is 5.92 Å². The van der Waals surface area contributed by atoms with Crippen molar-refractivity contribution in [1.29, 1.82) is 0 Å². The highest BCUT2D eigenvalue weighted by Gasteiger charge is 2.37. The molecule has 0 bridgehead atoms. The second-order valence-corrected chi connectivity index (χ2v) is 4.28. The van der Waals surface area contributed by atoms with Crippen LogP contribution in [0.5, 0.6) is 5.75 Å². The molecule has 1 aromatic carbocycles. The molecule has 17 heavy (non-hydrogen) atoms. The summed E-state index contributed by atoms with van der Waals surface area (Å²) in [6, 6.07) is 4.73. The average molecular weight is 242 g/mol. The predicted molar refractivity (Wildman–Crippen MR) is 59.9 cm³/mol. The molecule has 1 aliphatic carbocycles. The normalized spacial score (nSPS) is 19.6. The fourth-order valence-corrected chi connectivity index (χ4v) is 2.16. The number of fused-ring (bicyclic) bond motifs is 1. The van der Waals surface area contributed by atoms with Gasteiger partial charge in [-0.25, -0.2) is 0 Å². The van der Waals surface area contributed by atoms with Gasteiger partial charge in [-0.1, -0.05) is 19.1 Å². The zero-order chi connectivity index (χ0) is 12.6. The molecule has 0 saturated heterocycles. The zero-order valence-corrected chi connectivity index (χ0v) is 9.64. The van der Waals surface area contributed by atoms with Crippen LogP contribution in [0.1, 0.15) is 18.1 Å². The van der Waals surface area contributed by atoms with Crippen LogP contribution in [-0.2, 0) is 6.42 Å². The van der Waals surface area contributed by atoms with Gasteiger partial charge >= 0.3 is 6.18 Å². The Bertz CT molecular complexity index is 460. The van der Waals surface area contributed by atoms with E-state index in [0.29, 0.717) is 17.7 Å². The van der Waals surface area contributed by atoms with Gasteiger partial charge in [0.05, 0.1) is 12.7 Å². The average Bonchev–Trinajstić information content (AvgIpc) is 2.25. The van der Waals surface area contributed by atoms with E-state index < -0.39 is 11.7 Å². The molecular formula is C13H13F3O. The van der Waals surface area contributed by atoms with Crippen molar-refractivity contribution in [2.45, 2.75) is 19.5 Å². The van der Waals surface area contributed by atoms with Crippen LogP contribution in [0.2, 0.25) is 0 Å². The van der Waals surface area contributed by atoms with Crippen LogP contribution in [0.4, 0.5) is 13.2 Å². The Balaban J connectivity index is 2.52. The van der Waals surface area contributed by atoms with Crippen molar-refractivity contribution in [3.63, 3.8) is 0 Å². The van der Waals surface area contributed by atoms with Gasteiger partial charge in [-0.05, 0) is 35.6 Å². The van der Waals surface area contributed by atoms with Gasteiger partial charge in [0, 0.05) is 0 Å². The lowest BCUT2D eigenvalue weighted by atomic mass is 9.85. The molecule has 0 heterocycles. The third kappa shape index (κ3) is 2.30.